The van der Waals surface area contributed by atoms with Gasteiger partial charge in [-0.1, -0.05) is 74.5 Å². The third kappa shape index (κ3) is 5.43. The smallest absolute Gasteiger partial charge is 0.115 e. The molecular weight excluding hydrogens is 420 g/mol. The summed E-state index contributed by atoms with van der Waals surface area (Å²) >= 11 is 0. The van der Waals surface area contributed by atoms with Gasteiger partial charge in [0.1, 0.15) is 17.2 Å². The molecule has 0 fully saturated rings. The van der Waals surface area contributed by atoms with Crippen LogP contribution < -0.4 is 0 Å². The van der Waals surface area contributed by atoms with E-state index in [0.717, 1.165) is 24.8 Å². The summed E-state index contributed by atoms with van der Waals surface area (Å²) in [6.45, 7) is 4.40. The third-order valence-corrected chi connectivity index (χ3v) is 6.81. The van der Waals surface area contributed by atoms with E-state index in [4.69, 9.17) is 0 Å². The monoisotopic (exact) mass is 452 g/mol. The average molecular weight is 453 g/mol. The summed E-state index contributed by atoms with van der Waals surface area (Å²) in [7, 11) is 0. The first kappa shape index (κ1) is 23.4. The van der Waals surface area contributed by atoms with E-state index in [1.165, 1.54) is 22.3 Å². The van der Waals surface area contributed by atoms with Crippen LogP contribution in [-0.4, -0.2) is 15.3 Å². The Kier molecular flexibility index (Phi) is 6.93. The van der Waals surface area contributed by atoms with Crippen molar-refractivity contribution in [3.05, 3.63) is 125 Å². The van der Waals surface area contributed by atoms with Gasteiger partial charge in [-0.3, -0.25) is 0 Å². The van der Waals surface area contributed by atoms with Crippen molar-refractivity contribution in [2.45, 2.75) is 44.4 Å². The number of aryl methyl sites for hydroxylation is 1. The Morgan fingerprint density at radius 2 is 0.941 bits per heavy atom. The molecule has 4 aromatic carbocycles. The summed E-state index contributed by atoms with van der Waals surface area (Å²) in [5.41, 5.74) is 5.85. The van der Waals surface area contributed by atoms with Gasteiger partial charge in [0, 0.05) is 11.3 Å². The SMILES string of the molecule is CC(C)(c1ccc(O)cc1)c1ccc(C(CCCc2ccc(O)cc2)c2ccc(O)cc2)cc1. The Balaban J connectivity index is 1.56. The van der Waals surface area contributed by atoms with Gasteiger partial charge in [0.2, 0.25) is 0 Å². The van der Waals surface area contributed by atoms with E-state index in [1.807, 2.05) is 36.4 Å². The van der Waals surface area contributed by atoms with E-state index in [2.05, 4.69) is 38.1 Å². The highest BCUT2D eigenvalue weighted by atomic mass is 16.3. The normalized spacial score (nSPS) is 12.4. The largest absolute Gasteiger partial charge is 0.508 e. The molecule has 0 spiro atoms. The van der Waals surface area contributed by atoms with Crippen LogP contribution in [0.1, 0.15) is 60.4 Å². The lowest BCUT2D eigenvalue weighted by molar-refractivity contribution is 0.474. The summed E-state index contributed by atoms with van der Waals surface area (Å²) in [5, 5.41) is 28.9. The molecule has 4 rings (SSSR count). The topological polar surface area (TPSA) is 60.7 Å². The maximum atomic E-state index is 9.77. The standard InChI is InChI=1S/C31H32O3/c1-31(2,26-14-20-29(34)21-15-26)25-12-8-23(9-13-25)30(24-10-18-28(33)19-11-24)5-3-4-22-6-16-27(32)17-7-22/h6-21,30,32-34H,3-5H2,1-2H3. The molecule has 1 atom stereocenters. The Hall–Kier alpha value is -3.72. The molecule has 34 heavy (non-hydrogen) atoms. The molecule has 174 valence electrons. The van der Waals surface area contributed by atoms with Crippen molar-refractivity contribution in [2.24, 2.45) is 0 Å². The van der Waals surface area contributed by atoms with E-state index in [-0.39, 0.29) is 22.8 Å². The molecule has 0 saturated heterocycles. The Labute approximate surface area is 202 Å². The molecule has 1 unspecified atom stereocenters. The van der Waals surface area contributed by atoms with Gasteiger partial charge in [-0.05, 0) is 83.5 Å². The van der Waals surface area contributed by atoms with Crippen LogP contribution in [-0.2, 0) is 11.8 Å². The molecular formula is C31H32O3. The highest BCUT2D eigenvalue weighted by Crippen LogP contribution is 2.35. The Morgan fingerprint density at radius 1 is 0.559 bits per heavy atom. The lowest BCUT2D eigenvalue weighted by Crippen LogP contribution is -2.18. The number of benzene rings is 4. The molecule has 4 aromatic rings. The molecule has 0 aromatic heterocycles. The number of aromatic hydroxyl groups is 3. The van der Waals surface area contributed by atoms with Crippen LogP contribution in [0.4, 0.5) is 0 Å². The quantitative estimate of drug-likeness (QED) is 0.263. The van der Waals surface area contributed by atoms with Gasteiger partial charge in [0.05, 0.1) is 0 Å². The third-order valence-electron chi connectivity index (χ3n) is 6.81. The Morgan fingerprint density at radius 3 is 1.44 bits per heavy atom. The molecule has 0 bridgehead atoms. The first-order valence-corrected chi connectivity index (χ1v) is 11.8. The van der Waals surface area contributed by atoms with Crippen LogP contribution in [0.25, 0.3) is 0 Å². The van der Waals surface area contributed by atoms with Crippen molar-refractivity contribution in [2.75, 3.05) is 0 Å². The second-order valence-electron chi connectivity index (χ2n) is 9.50. The predicted molar refractivity (Wildman–Crippen MR) is 138 cm³/mol. The summed E-state index contributed by atoms with van der Waals surface area (Å²) in [6, 6.07) is 31.2. The predicted octanol–water partition coefficient (Wildman–Crippen LogP) is 7.28. The van der Waals surface area contributed by atoms with E-state index >= 15 is 0 Å². The lowest BCUT2D eigenvalue weighted by Gasteiger charge is -2.27. The maximum absolute atomic E-state index is 9.77. The fraction of sp³-hybridized carbons (Fsp3) is 0.226. The molecule has 0 aliphatic rings. The van der Waals surface area contributed by atoms with Crippen LogP contribution in [0.15, 0.2) is 97.1 Å². The van der Waals surface area contributed by atoms with Crippen molar-refractivity contribution in [1.29, 1.82) is 0 Å². The first-order chi connectivity index (χ1) is 16.3. The zero-order chi connectivity index (χ0) is 24.1. The van der Waals surface area contributed by atoms with Gasteiger partial charge in [0.25, 0.3) is 0 Å². The summed E-state index contributed by atoms with van der Waals surface area (Å²) in [6.07, 6.45) is 2.93. The van der Waals surface area contributed by atoms with Crippen LogP contribution >= 0.6 is 0 Å². The molecule has 0 saturated carbocycles. The minimum atomic E-state index is -0.181. The van der Waals surface area contributed by atoms with Crippen LogP contribution in [0.5, 0.6) is 17.2 Å². The fourth-order valence-electron chi connectivity index (χ4n) is 4.58. The fourth-order valence-corrected chi connectivity index (χ4v) is 4.58. The molecule has 3 nitrogen and oxygen atoms in total. The molecule has 3 N–H and O–H groups in total. The van der Waals surface area contributed by atoms with Crippen molar-refractivity contribution >= 4 is 0 Å². The summed E-state index contributed by atoms with van der Waals surface area (Å²) in [4.78, 5) is 0. The highest BCUT2D eigenvalue weighted by Gasteiger charge is 2.24. The van der Waals surface area contributed by atoms with Gasteiger partial charge >= 0.3 is 0 Å². The number of phenols is 3. The molecule has 0 radical (unpaired) electrons. The highest BCUT2D eigenvalue weighted by molar-refractivity contribution is 5.43. The van der Waals surface area contributed by atoms with E-state index < -0.39 is 0 Å². The molecule has 0 heterocycles. The van der Waals surface area contributed by atoms with Crippen LogP contribution in [0, 0.1) is 0 Å². The minimum absolute atomic E-state index is 0.181. The van der Waals surface area contributed by atoms with Crippen molar-refractivity contribution in [3.8, 4) is 17.2 Å². The number of rotatable bonds is 8. The number of phenolic OH excluding ortho intramolecular Hbond substituents is 3. The minimum Gasteiger partial charge on any atom is -0.508 e. The van der Waals surface area contributed by atoms with Gasteiger partial charge in [-0.15, -0.1) is 0 Å². The zero-order valence-electron chi connectivity index (χ0n) is 19.8. The number of hydrogen-bond donors (Lipinski definition) is 3. The van der Waals surface area contributed by atoms with Gasteiger partial charge in [-0.25, -0.2) is 0 Å². The van der Waals surface area contributed by atoms with Gasteiger partial charge in [0.15, 0.2) is 0 Å². The van der Waals surface area contributed by atoms with E-state index in [9.17, 15) is 15.3 Å². The average Bonchev–Trinajstić information content (AvgIpc) is 2.84. The van der Waals surface area contributed by atoms with E-state index in [0.29, 0.717) is 5.75 Å². The van der Waals surface area contributed by atoms with Crippen molar-refractivity contribution < 1.29 is 15.3 Å². The number of hydrogen-bond acceptors (Lipinski definition) is 3. The molecule has 0 aliphatic carbocycles. The molecule has 0 aliphatic heterocycles. The first-order valence-electron chi connectivity index (χ1n) is 11.8. The lowest BCUT2D eigenvalue weighted by atomic mass is 9.77. The van der Waals surface area contributed by atoms with Crippen LogP contribution in [0.2, 0.25) is 0 Å². The van der Waals surface area contributed by atoms with Crippen molar-refractivity contribution in [3.63, 3.8) is 0 Å². The Bertz CT molecular complexity index is 1190. The molecule has 0 amide bonds. The zero-order valence-corrected chi connectivity index (χ0v) is 19.8. The molecule has 3 heteroatoms. The van der Waals surface area contributed by atoms with E-state index in [1.54, 1.807) is 36.4 Å². The van der Waals surface area contributed by atoms with Gasteiger partial charge in [-0.2, -0.15) is 0 Å². The van der Waals surface area contributed by atoms with Crippen LogP contribution in [0.3, 0.4) is 0 Å². The summed E-state index contributed by atoms with van der Waals surface area (Å²) in [5.74, 6) is 1.07. The second-order valence-corrected chi connectivity index (χ2v) is 9.50. The maximum Gasteiger partial charge on any atom is 0.115 e. The second kappa shape index (κ2) is 10.0. The van der Waals surface area contributed by atoms with Crippen molar-refractivity contribution in [1.82, 2.24) is 0 Å². The van der Waals surface area contributed by atoms with Gasteiger partial charge < -0.3 is 15.3 Å². The summed E-state index contributed by atoms with van der Waals surface area (Å²) < 4.78 is 0.